The first-order valence-corrected chi connectivity index (χ1v) is 16.0. The van der Waals surface area contributed by atoms with E-state index in [0.717, 1.165) is 65.7 Å². The highest BCUT2D eigenvalue weighted by molar-refractivity contribution is 6.27. The van der Waals surface area contributed by atoms with Crippen LogP contribution in [0.25, 0.3) is 88.0 Å². The van der Waals surface area contributed by atoms with Crippen LogP contribution in [0.1, 0.15) is 0 Å². The van der Waals surface area contributed by atoms with Crippen molar-refractivity contribution in [3.05, 3.63) is 146 Å². The van der Waals surface area contributed by atoms with Gasteiger partial charge < -0.3 is 24.8 Å². The summed E-state index contributed by atoms with van der Waals surface area (Å²) >= 11 is 0. The molecule has 5 heteroatoms. The average Bonchev–Trinajstić information content (AvgIpc) is 3.54. The maximum absolute atomic E-state index is 11.6. The van der Waals surface area contributed by atoms with Gasteiger partial charge in [-0.1, -0.05) is 127 Å². The minimum Gasteiger partial charge on any atom is -0.504 e. The number of furan rings is 1. The summed E-state index contributed by atoms with van der Waals surface area (Å²) < 4.78 is 6.43. The number of hydrogen-bond acceptors (Lipinski definition) is 5. The second-order valence-electron chi connectivity index (χ2n) is 12.2. The fourth-order valence-electron chi connectivity index (χ4n) is 7.36. The van der Waals surface area contributed by atoms with Crippen LogP contribution in [-0.4, -0.2) is 20.4 Å². The summed E-state index contributed by atoms with van der Waals surface area (Å²) in [7, 11) is 0. The molecular formula is C44H28O5. The second kappa shape index (κ2) is 10.9. The molecule has 1 aromatic heterocycles. The highest BCUT2D eigenvalue weighted by atomic mass is 16.3. The number of hydrogen-bond donors (Lipinski definition) is 4. The van der Waals surface area contributed by atoms with Crippen LogP contribution in [0.4, 0.5) is 0 Å². The zero-order valence-electron chi connectivity index (χ0n) is 26.1. The van der Waals surface area contributed by atoms with Gasteiger partial charge in [-0.05, 0) is 67.6 Å². The molecule has 49 heavy (non-hydrogen) atoms. The van der Waals surface area contributed by atoms with Crippen LogP contribution >= 0.6 is 0 Å². The van der Waals surface area contributed by atoms with Gasteiger partial charge in [0.05, 0.1) is 0 Å². The predicted octanol–water partition coefficient (Wildman–Crippen LogP) is 11.4. The van der Waals surface area contributed by atoms with E-state index in [-0.39, 0.29) is 11.1 Å². The molecule has 0 radical (unpaired) electrons. The quantitative estimate of drug-likeness (QED) is 0.0876. The minimum atomic E-state index is -0.784. The number of phenolic OH excluding ortho intramolecular Hbond substituents is 4. The molecule has 9 rings (SSSR count). The van der Waals surface area contributed by atoms with Gasteiger partial charge in [-0.2, -0.15) is 0 Å². The van der Waals surface area contributed by atoms with Gasteiger partial charge in [0.2, 0.25) is 11.5 Å². The van der Waals surface area contributed by atoms with Crippen molar-refractivity contribution >= 4 is 43.5 Å². The Morgan fingerprint density at radius 1 is 0.327 bits per heavy atom. The standard InChI is InChI=1S/C44H28O5/c45-41-36(26-14-5-2-6-15-26)40(42(46)44(48)43(41)47)39-30-18-9-7-16-28(30)37(29-17-8-10-19-31(29)39)32-20-11-21-35-38(32)33-24-27(22-23-34(33)49-35)25-12-3-1-4-13-25/h1-24,45-48H. The summed E-state index contributed by atoms with van der Waals surface area (Å²) in [5.41, 5.74) is 7.37. The summed E-state index contributed by atoms with van der Waals surface area (Å²) in [5, 5.41) is 50.0. The highest BCUT2D eigenvalue weighted by Crippen LogP contribution is 2.58. The van der Waals surface area contributed by atoms with Crippen molar-refractivity contribution in [2.24, 2.45) is 0 Å². The molecule has 0 aliphatic rings. The van der Waals surface area contributed by atoms with Crippen LogP contribution < -0.4 is 0 Å². The Bertz CT molecular complexity index is 2690. The number of aromatic hydroxyl groups is 4. The molecule has 0 amide bonds. The van der Waals surface area contributed by atoms with E-state index in [1.165, 1.54) is 0 Å². The Kier molecular flexibility index (Phi) is 6.36. The molecule has 4 N–H and O–H groups in total. The molecule has 8 aromatic carbocycles. The summed E-state index contributed by atoms with van der Waals surface area (Å²) in [6.45, 7) is 0. The molecule has 0 unspecified atom stereocenters. The smallest absolute Gasteiger partial charge is 0.204 e. The van der Waals surface area contributed by atoms with Crippen LogP contribution in [0.5, 0.6) is 23.0 Å². The Balaban J connectivity index is 1.43. The lowest BCUT2D eigenvalue weighted by molar-refractivity contribution is 0.348. The van der Waals surface area contributed by atoms with Gasteiger partial charge in [0, 0.05) is 27.5 Å². The molecular weight excluding hydrogens is 608 g/mol. The van der Waals surface area contributed by atoms with Gasteiger partial charge >= 0.3 is 0 Å². The van der Waals surface area contributed by atoms with Crippen molar-refractivity contribution in [2.45, 2.75) is 0 Å². The van der Waals surface area contributed by atoms with Crippen molar-refractivity contribution in [2.75, 3.05) is 0 Å². The fraction of sp³-hybridized carbons (Fsp3) is 0. The third-order valence-electron chi connectivity index (χ3n) is 9.51. The third kappa shape index (κ3) is 4.26. The van der Waals surface area contributed by atoms with E-state index in [2.05, 4.69) is 42.5 Å². The first kappa shape index (κ1) is 28.5. The van der Waals surface area contributed by atoms with Gasteiger partial charge in [0.1, 0.15) is 11.2 Å². The van der Waals surface area contributed by atoms with Crippen molar-refractivity contribution in [3.63, 3.8) is 0 Å². The zero-order valence-corrected chi connectivity index (χ0v) is 26.1. The Hall–Kier alpha value is -6.72. The molecule has 0 fully saturated rings. The van der Waals surface area contributed by atoms with E-state index in [9.17, 15) is 20.4 Å². The van der Waals surface area contributed by atoms with Crippen molar-refractivity contribution in [1.29, 1.82) is 0 Å². The molecule has 0 aliphatic heterocycles. The second-order valence-corrected chi connectivity index (χ2v) is 12.2. The molecule has 234 valence electrons. The lowest BCUT2D eigenvalue weighted by Gasteiger charge is -2.22. The minimum absolute atomic E-state index is 0.216. The fourth-order valence-corrected chi connectivity index (χ4v) is 7.36. The molecule has 0 spiro atoms. The lowest BCUT2D eigenvalue weighted by Crippen LogP contribution is -1.94. The maximum Gasteiger partial charge on any atom is 0.204 e. The Morgan fingerprint density at radius 3 is 1.47 bits per heavy atom. The van der Waals surface area contributed by atoms with E-state index < -0.39 is 23.0 Å². The van der Waals surface area contributed by atoms with Gasteiger partial charge in [0.25, 0.3) is 0 Å². The van der Waals surface area contributed by atoms with Crippen LogP contribution in [0.15, 0.2) is 150 Å². The van der Waals surface area contributed by atoms with Crippen LogP contribution in [0, 0.1) is 0 Å². The molecule has 0 saturated carbocycles. The van der Waals surface area contributed by atoms with Crippen molar-refractivity contribution in [3.8, 4) is 67.5 Å². The van der Waals surface area contributed by atoms with E-state index in [1.807, 2.05) is 91.0 Å². The summed E-state index contributed by atoms with van der Waals surface area (Å²) in [5.74, 6) is -2.60. The molecule has 0 bridgehead atoms. The maximum atomic E-state index is 11.6. The van der Waals surface area contributed by atoms with Crippen LogP contribution in [0.2, 0.25) is 0 Å². The normalized spacial score (nSPS) is 11.6. The summed E-state index contributed by atoms with van der Waals surface area (Å²) in [6, 6.07) is 47.7. The average molecular weight is 637 g/mol. The molecule has 5 nitrogen and oxygen atoms in total. The van der Waals surface area contributed by atoms with Crippen LogP contribution in [0.3, 0.4) is 0 Å². The topological polar surface area (TPSA) is 94.1 Å². The van der Waals surface area contributed by atoms with E-state index >= 15 is 0 Å². The number of phenols is 4. The van der Waals surface area contributed by atoms with Crippen LogP contribution in [-0.2, 0) is 0 Å². The lowest BCUT2D eigenvalue weighted by atomic mass is 9.82. The molecule has 9 aromatic rings. The number of benzene rings is 8. The Labute approximate surface area is 280 Å². The molecule has 0 aliphatic carbocycles. The highest BCUT2D eigenvalue weighted by Gasteiger charge is 2.29. The zero-order chi connectivity index (χ0) is 33.2. The summed E-state index contributed by atoms with van der Waals surface area (Å²) in [6.07, 6.45) is 0. The van der Waals surface area contributed by atoms with E-state index in [0.29, 0.717) is 11.1 Å². The predicted molar refractivity (Wildman–Crippen MR) is 197 cm³/mol. The SMILES string of the molecule is Oc1c(O)c(O)c(-c2c3ccccc3c(-c3cccc4oc5ccc(-c6ccccc6)cc5c34)c3ccccc23)c(-c2ccccc2)c1O. The first-order valence-electron chi connectivity index (χ1n) is 16.0. The summed E-state index contributed by atoms with van der Waals surface area (Å²) in [4.78, 5) is 0. The number of fused-ring (bicyclic) bond motifs is 5. The Morgan fingerprint density at radius 2 is 0.857 bits per heavy atom. The first-order chi connectivity index (χ1) is 24.0. The third-order valence-corrected chi connectivity index (χ3v) is 9.51. The number of rotatable bonds is 4. The van der Waals surface area contributed by atoms with Crippen molar-refractivity contribution in [1.82, 2.24) is 0 Å². The van der Waals surface area contributed by atoms with Gasteiger partial charge in [-0.3, -0.25) is 0 Å². The van der Waals surface area contributed by atoms with Gasteiger partial charge in [0.15, 0.2) is 11.5 Å². The van der Waals surface area contributed by atoms with Crippen molar-refractivity contribution < 1.29 is 24.8 Å². The molecule has 0 atom stereocenters. The van der Waals surface area contributed by atoms with Gasteiger partial charge in [-0.15, -0.1) is 0 Å². The van der Waals surface area contributed by atoms with E-state index in [1.54, 1.807) is 12.1 Å². The largest absolute Gasteiger partial charge is 0.504 e. The monoisotopic (exact) mass is 636 g/mol. The van der Waals surface area contributed by atoms with Gasteiger partial charge in [-0.25, -0.2) is 0 Å². The molecule has 1 heterocycles. The molecule has 0 saturated heterocycles. The van der Waals surface area contributed by atoms with E-state index in [4.69, 9.17) is 4.42 Å².